The Hall–Kier alpha value is -3.81. The van der Waals surface area contributed by atoms with Gasteiger partial charge in [0.2, 0.25) is 0 Å². The molecule has 0 aliphatic heterocycles. The minimum absolute atomic E-state index is 0.00502. The normalized spacial score (nSPS) is 10.8. The van der Waals surface area contributed by atoms with Gasteiger partial charge in [-0.25, -0.2) is 9.78 Å². The van der Waals surface area contributed by atoms with Gasteiger partial charge in [0.25, 0.3) is 17.5 Å². The fourth-order valence-electron chi connectivity index (χ4n) is 3.50. The highest BCUT2D eigenvalue weighted by Gasteiger charge is 2.31. The molecule has 0 aliphatic carbocycles. The number of hydrogen-bond acceptors (Lipinski definition) is 5. The minimum atomic E-state index is -1.70. The van der Waals surface area contributed by atoms with Crippen LogP contribution in [0.1, 0.15) is 50.3 Å². The van der Waals surface area contributed by atoms with E-state index in [1.54, 1.807) is 24.4 Å². The Morgan fingerprint density at radius 1 is 1.10 bits per heavy atom. The number of aryl methyl sites for hydroxylation is 1. The van der Waals surface area contributed by atoms with E-state index >= 15 is 0 Å². The number of benzene rings is 1. The average molecular weight is 393 g/mol. The van der Waals surface area contributed by atoms with Crippen molar-refractivity contribution < 1.29 is 24.3 Å². The van der Waals surface area contributed by atoms with Gasteiger partial charge in [0.05, 0.1) is 16.8 Å². The molecule has 0 bridgehead atoms. The average Bonchev–Trinajstić information content (AvgIpc) is 2.99. The number of rotatable bonds is 7. The second kappa shape index (κ2) is 7.67. The molecule has 0 unspecified atom stereocenters. The number of ketones is 2. The molecule has 3 rings (SSSR count). The van der Waals surface area contributed by atoms with E-state index in [4.69, 9.17) is 5.73 Å². The van der Waals surface area contributed by atoms with Gasteiger partial charge in [-0.3, -0.25) is 14.4 Å². The van der Waals surface area contributed by atoms with Crippen molar-refractivity contribution in [1.82, 2.24) is 9.38 Å². The van der Waals surface area contributed by atoms with Gasteiger partial charge in [-0.05, 0) is 24.5 Å². The molecule has 2 aromatic heterocycles. The number of nitrogens with zero attached hydrogens (tertiary/aromatic N) is 2. The summed E-state index contributed by atoms with van der Waals surface area (Å²) in [5.74, 6) is -5.13. The molecule has 0 saturated carbocycles. The van der Waals surface area contributed by atoms with Gasteiger partial charge in [-0.1, -0.05) is 37.3 Å². The Kier molecular flexibility index (Phi) is 5.27. The highest BCUT2D eigenvalue weighted by molar-refractivity contribution is 6.46. The molecule has 0 spiro atoms. The van der Waals surface area contributed by atoms with Crippen molar-refractivity contribution in [2.24, 2.45) is 5.73 Å². The maximum Gasteiger partial charge on any atom is 0.379 e. The largest absolute Gasteiger partial charge is 0.475 e. The van der Waals surface area contributed by atoms with Gasteiger partial charge in [0.1, 0.15) is 5.69 Å². The predicted octanol–water partition coefficient (Wildman–Crippen LogP) is 1.73. The zero-order chi connectivity index (χ0) is 21.3. The number of fused-ring (bicyclic) bond motifs is 1. The van der Waals surface area contributed by atoms with E-state index in [0.717, 1.165) is 5.56 Å². The van der Waals surface area contributed by atoms with E-state index in [9.17, 15) is 24.3 Å². The van der Waals surface area contributed by atoms with E-state index in [0.29, 0.717) is 29.8 Å². The number of carbonyl (C=O) groups is 4. The van der Waals surface area contributed by atoms with Crippen LogP contribution in [0.2, 0.25) is 0 Å². The minimum Gasteiger partial charge on any atom is -0.475 e. The van der Waals surface area contributed by atoms with Crippen LogP contribution in [0.3, 0.4) is 0 Å². The molecule has 0 fully saturated rings. The number of carboxylic acid groups (broad SMARTS) is 1. The summed E-state index contributed by atoms with van der Waals surface area (Å²) >= 11 is 0. The fourth-order valence-corrected chi connectivity index (χ4v) is 3.50. The third kappa shape index (κ3) is 3.52. The Labute approximate surface area is 166 Å². The van der Waals surface area contributed by atoms with Gasteiger partial charge in [0, 0.05) is 18.3 Å². The molecule has 8 heteroatoms. The Bertz CT molecular complexity index is 1160. The molecule has 0 saturated heterocycles. The summed E-state index contributed by atoms with van der Waals surface area (Å²) in [4.78, 5) is 52.1. The van der Waals surface area contributed by atoms with Crippen LogP contribution >= 0.6 is 0 Å². The number of nitrogens with two attached hydrogens (primary N) is 1. The molecule has 0 radical (unpaired) electrons. The lowest BCUT2D eigenvalue weighted by Gasteiger charge is -2.08. The lowest BCUT2D eigenvalue weighted by molar-refractivity contribution is -0.131. The second-order valence-corrected chi connectivity index (χ2v) is 6.59. The molecule has 148 valence electrons. The van der Waals surface area contributed by atoms with Gasteiger partial charge >= 0.3 is 5.97 Å². The number of carboxylic acids is 1. The van der Waals surface area contributed by atoms with Gasteiger partial charge in [-0.15, -0.1) is 0 Å². The Morgan fingerprint density at radius 2 is 1.76 bits per heavy atom. The smallest absolute Gasteiger partial charge is 0.379 e. The molecule has 8 nitrogen and oxygen atoms in total. The van der Waals surface area contributed by atoms with Crippen molar-refractivity contribution in [1.29, 1.82) is 0 Å². The first-order valence-corrected chi connectivity index (χ1v) is 8.95. The molecule has 0 aliphatic rings. The molecule has 29 heavy (non-hydrogen) atoms. The zero-order valence-corrected chi connectivity index (χ0v) is 15.9. The van der Waals surface area contributed by atoms with Crippen LogP contribution in [0.25, 0.3) is 5.52 Å². The third-order valence-electron chi connectivity index (χ3n) is 4.68. The van der Waals surface area contributed by atoms with Gasteiger partial charge in [0.15, 0.2) is 0 Å². The number of aromatic nitrogens is 2. The lowest BCUT2D eigenvalue weighted by Crippen LogP contribution is -2.25. The zero-order valence-electron chi connectivity index (χ0n) is 15.9. The van der Waals surface area contributed by atoms with E-state index in [1.165, 1.54) is 0 Å². The molecule has 1 amide bonds. The second-order valence-electron chi connectivity index (χ2n) is 6.59. The summed E-state index contributed by atoms with van der Waals surface area (Å²) in [6.07, 6.45) is 2.39. The van der Waals surface area contributed by atoms with Crippen molar-refractivity contribution in [2.75, 3.05) is 0 Å². The standard InChI is InChI=1S/C21H19N3O5/c1-3-13-14(9-12-7-5-4-6-8-12)24-10-11(2)23-16(19(26)21(28)29)17(24)15(13)18(25)20(22)27/h4-8,10H,3,9H2,1-2H3,(H2,22,27)(H,28,29). The molecular weight excluding hydrogens is 374 g/mol. The summed E-state index contributed by atoms with van der Waals surface area (Å²) in [6.45, 7) is 3.42. The summed E-state index contributed by atoms with van der Waals surface area (Å²) in [5, 5.41) is 9.22. The lowest BCUT2D eigenvalue weighted by atomic mass is 9.98. The van der Waals surface area contributed by atoms with Crippen LogP contribution in [0.5, 0.6) is 0 Å². The number of carbonyl (C=O) groups excluding carboxylic acids is 3. The SMILES string of the molecule is CCc1c(C(=O)C(N)=O)c2c(C(=O)C(=O)O)nc(C)cn2c1Cc1ccccc1. The van der Waals surface area contributed by atoms with Crippen LogP contribution in [0.15, 0.2) is 36.5 Å². The van der Waals surface area contributed by atoms with Crippen molar-refractivity contribution in [3.8, 4) is 0 Å². The molecular formula is C21H19N3O5. The predicted molar refractivity (Wildman–Crippen MR) is 104 cm³/mol. The highest BCUT2D eigenvalue weighted by atomic mass is 16.4. The fraction of sp³-hybridized carbons (Fsp3) is 0.190. The van der Waals surface area contributed by atoms with E-state index in [-0.39, 0.29) is 11.1 Å². The molecule has 3 N–H and O–H groups in total. The maximum absolute atomic E-state index is 12.7. The monoisotopic (exact) mass is 393 g/mol. The highest BCUT2D eigenvalue weighted by Crippen LogP contribution is 2.29. The molecule has 2 heterocycles. The van der Waals surface area contributed by atoms with Crippen molar-refractivity contribution in [3.05, 3.63) is 70.3 Å². The number of Topliss-reactive ketones (excluding diaryl/α,β-unsaturated/α-hetero) is 2. The first kappa shape index (κ1) is 19.9. The summed E-state index contributed by atoms with van der Waals surface area (Å²) in [5.41, 5.74) is 7.32. The molecule has 1 aromatic carbocycles. The van der Waals surface area contributed by atoms with Crippen LogP contribution in [0.4, 0.5) is 0 Å². The van der Waals surface area contributed by atoms with E-state index < -0.39 is 29.1 Å². The quantitative estimate of drug-likeness (QED) is 0.464. The Balaban J connectivity index is 2.44. The van der Waals surface area contributed by atoms with Gasteiger partial charge in [-0.2, -0.15) is 0 Å². The number of aliphatic carboxylic acids is 1. The van der Waals surface area contributed by atoms with Crippen molar-refractivity contribution in [3.63, 3.8) is 0 Å². The van der Waals surface area contributed by atoms with E-state index in [2.05, 4.69) is 4.98 Å². The third-order valence-corrected chi connectivity index (χ3v) is 4.68. The number of hydrogen-bond donors (Lipinski definition) is 2. The van der Waals surface area contributed by atoms with Gasteiger partial charge < -0.3 is 15.2 Å². The summed E-state index contributed by atoms with van der Waals surface area (Å²) in [6, 6.07) is 9.44. The maximum atomic E-state index is 12.7. The first-order valence-electron chi connectivity index (χ1n) is 8.95. The first-order chi connectivity index (χ1) is 13.8. The van der Waals surface area contributed by atoms with Crippen molar-refractivity contribution in [2.45, 2.75) is 26.7 Å². The Morgan fingerprint density at radius 3 is 2.31 bits per heavy atom. The van der Waals surface area contributed by atoms with E-state index in [1.807, 2.05) is 30.3 Å². The number of amides is 1. The topological polar surface area (TPSA) is 132 Å². The summed E-state index contributed by atoms with van der Waals surface area (Å²) in [7, 11) is 0. The molecule has 0 atom stereocenters. The van der Waals surface area contributed by atoms with Crippen LogP contribution in [-0.2, 0) is 22.4 Å². The number of primary amides is 1. The van der Waals surface area contributed by atoms with Crippen LogP contribution in [0, 0.1) is 6.92 Å². The molecule has 3 aromatic rings. The van der Waals surface area contributed by atoms with Crippen LogP contribution in [-0.4, -0.2) is 37.9 Å². The van der Waals surface area contributed by atoms with Crippen molar-refractivity contribution >= 4 is 29.0 Å². The van der Waals surface area contributed by atoms with Crippen LogP contribution < -0.4 is 5.73 Å². The summed E-state index contributed by atoms with van der Waals surface area (Å²) < 4.78 is 1.58.